The summed E-state index contributed by atoms with van der Waals surface area (Å²) < 4.78 is 79.9. The van der Waals surface area contributed by atoms with E-state index in [4.69, 9.17) is 4.74 Å². The van der Waals surface area contributed by atoms with Gasteiger partial charge in [-0.05, 0) is 107 Å². The quantitative estimate of drug-likeness (QED) is 0.0981. The van der Waals surface area contributed by atoms with Crippen molar-refractivity contribution in [3.05, 3.63) is 107 Å². The predicted molar refractivity (Wildman–Crippen MR) is 194 cm³/mol. The molecule has 5 rings (SSSR count). The van der Waals surface area contributed by atoms with Gasteiger partial charge in [-0.1, -0.05) is 37.1 Å². The molecule has 4 aromatic rings. The molecule has 53 heavy (non-hydrogen) atoms. The van der Waals surface area contributed by atoms with Crippen molar-refractivity contribution in [1.29, 1.82) is 0 Å². The molecule has 1 fully saturated rings. The van der Waals surface area contributed by atoms with Crippen LogP contribution in [0, 0.1) is 11.7 Å². The minimum absolute atomic E-state index is 0.0247. The number of nitrogens with zero attached hydrogens (tertiary/aromatic N) is 3. The maximum Gasteiger partial charge on any atom is 0.435 e. The Kier molecular flexibility index (Phi) is 11.6. The molecule has 15 heteroatoms. The summed E-state index contributed by atoms with van der Waals surface area (Å²) in [7, 11) is 0. The van der Waals surface area contributed by atoms with E-state index in [2.05, 4.69) is 25.4 Å². The molecule has 1 aliphatic carbocycles. The van der Waals surface area contributed by atoms with E-state index in [0.29, 0.717) is 35.1 Å². The number of halogens is 4. The molecule has 0 saturated heterocycles. The molecule has 10 nitrogen and oxygen atoms in total. The first kappa shape index (κ1) is 39.7. The van der Waals surface area contributed by atoms with E-state index in [-0.39, 0.29) is 17.9 Å². The highest BCUT2D eigenvalue weighted by molar-refractivity contribution is 7.90. The van der Waals surface area contributed by atoms with E-state index >= 15 is 4.39 Å². The third-order valence-electron chi connectivity index (χ3n) is 8.53. The summed E-state index contributed by atoms with van der Waals surface area (Å²) in [5, 5.41) is 8.75. The Bertz CT molecular complexity index is 1920. The van der Waals surface area contributed by atoms with Crippen molar-refractivity contribution in [3.8, 4) is 5.69 Å². The van der Waals surface area contributed by atoms with Gasteiger partial charge in [0.05, 0.1) is 11.4 Å². The van der Waals surface area contributed by atoms with Crippen LogP contribution < -0.4 is 15.4 Å². The van der Waals surface area contributed by atoms with Gasteiger partial charge in [-0.2, -0.15) is 18.3 Å². The van der Waals surface area contributed by atoms with Crippen molar-refractivity contribution < 1.29 is 36.4 Å². The third kappa shape index (κ3) is 10.1. The Hall–Kier alpha value is -4.47. The molecule has 0 spiro atoms. The number of nitrogens with one attached hydrogen (secondary N) is 3. The first-order valence-corrected chi connectivity index (χ1v) is 18.4. The number of carbonyl (C=O) groups excluding carboxylic acids is 2. The van der Waals surface area contributed by atoms with E-state index in [9.17, 15) is 27.3 Å². The van der Waals surface area contributed by atoms with Crippen LogP contribution in [-0.4, -0.2) is 41.7 Å². The van der Waals surface area contributed by atoms with Crippen LogP contribution in [0.1, 0.15) is 100 Å². The van der Waals surface area contributed by atoms with Gasteiger partial charge >= 0.3 is 12.3 Å². The number of hydrogen-bond acceptors (Lipinski definition) is 7. The summed E-state index contributed by atoms with van der Waals surface area (Å²) in [5.41, 5.74) is -2.28. The zero-order chi connectivity index (χ0) is 38.8. The lowest BCUT2D eigenvalue weighted by atomic mass is 9.80. The van der Waals surface area contributed by atoms with Gasteiger partial charge in [0.2, 0.25) is 0 Å². The Labute approximate surface area is 309 Å². The molecule has 2 aromatic carbocycles. The van der Waals surface area contributed by atoms with E-state index in [1.165, 1.54) is 24.3 Å². The molecule has 2 aromatic heterocycles. The molecule has 2 amide bonds. The lowest BCUT2D eigenvalue weighted by Crippen LogP contribution is -2.52. The number of alkyl halides is 3. The number of alkyl carbamates (subject to hydrolysis) is 1. The number of benzene rings is 2. The van der Waals surface area contributed by atoms with Gasteiger partial charge in [0.1, 0.15) is 27.4 Å². The van der Waals surface area contributed by atoms with Crippen molar-refractivity contribution >= 4 is 29.0 Å². The molecule has 2 atom stereocenters. The fourth-order valence-corrected chi connectivity index (χ4v) is 6.58. The average Bonchev–Trinajstić information content (AvgIpc) is 3.79. The standard InChI is InChI=1S/C38H44F4N6O4S/c1-35(2,3)52-34(50)44-22-25-9-7-11-28(19-25)48-31(21-32(46-48)38(40,41)42)33(49)45-30-20-26(14-15-29(30)39)37(17-16-24-12-13-24,27-10-8-18-43-23-27)47-53(51)36(4,5)6/h7-11,14-15,18-21,23-24,47H,12-13,16-17,22H2,1-6H3,(H,44,50)(H,45,49)/t37-,53?/m0/s1. The van der Waals surface area contributed by atoms with Crippen molar-refractivity contribution in [3.63, 3.8) is 0 Å². The molecule has 0 bridgehead atoms. The van der Waals surface area contributed by atoms with Gasteiger partial charge in [-0.3, -0.25) is 9.78 Å². The number of carbonyl (C=O) groups is 2. The van der Waals surface area contributed by atoms with E-state index < -0.39 is 62.6 Å². The SMILES string of the molecule is CC(C)(C)OC(=O)NCc1cccc(-n2nc(C(F)(F)F)cc2C(=O)Nc2cc([C@](CCC3CC3)(N[S+]([O-])C(C)(C)C)c3cccnc3)ccc2F)c1. The normalized spacial score (nSPS) is 15.4. The molecule has 0 aliphatic heterocycles. The second-order valence-corrected chi connectivity index (χ2v) is 17.1. The number of ether oxygens (including phenoxy) is 1. The lowest BCUT2D eigenvalue weighted by molar-refractivity contribution is -0.141. The van der Waals surface area contributed by atoms with Gasteiger partial charge in [0.25, 0.3) is 5.91 Å². The Morgan fingerprint density at radius 2 is 1.72 bits per heavy atom. The average molecular weight is 757 g/mol. The van der Waals surface area contributed by atoms with Crippen LogP contribution in [0.3, 0.4) is 0 Å². The van der Waals surface area contributed by atoms with Gasteiger partial charge in [-0.15, -0.1) is 4.72 Å². The highest BCUT2D eigenvalue weighted by Gasteiger charge is 2.44. The minimum Gasteiger partial charge on any atom is -0.598 e. The fourth-order valence-electron chi connectivity index (χ4n) is 5.62. The second-order valence-electron chi connectivity index (χ2n) is 15.1. The number of amides is 2. The van der Waals surface area contributed by atoms with Crippen LogP contribution in [0.2, 0.25) is 0 Å². The molecule has 284 valence electrons. The lowest BCUT2D eigenvalue weighted by Gasteiger charge is -2.38. The number of anilines is 1. The van der Waals surface area contributed by atoms with Crippen molar-refractivity contribution in [2.24, 2.45) is 5.92 Å². The summed E-state index contributed by atoms with van der Waals surface area (Å²) >= 11 is -1.60. The summed E-state index contributed by atoms with van der Waals surface area (Å²) in [6.07, 6.45) is 1.04. The van der Waals surface area contributed by atoms with Crippen molar-refractivity contribution in [2.45, 2.75) is 95.8 Å². The zero-order valence-electron chi connectivity index (χ0n) is 30.4. The molecular weight excluding hydrogens is 713 g/mol. The summed E-state index contributed by atoms with van der Waals surface area (Å²) in [5.74, 6) is -1.42. The number of hydrogen-bond donors (Lipinski definition) is 3. The fraction of sp³-hybridized carbons (Fsp3) is 0.421. The van der Waals surface area contributed by atoms with Crippen molar-refractivity contribution in [1.82, 2.24) is 24.8 Å². The highest BCUT2D eigenvalue weighted by atomic mass is 32.2. The predicted octanol–water partition coefficient (Wildman–Crippen LogP) is 8.19. The van der Waals surface area contributed by atoms with Crippen molar-refractivity contribution in [2.75, 3.05) is 5.32 Å². The van der Waals surface area contributed by atoms with Crippen LogP contribution in [-0.2, 0) is 34.4 Å². The number of aromatic nitrogens is 3. The molecule has 3 N–H and O–H groups in total. The third-order valence-corrected chi connectivity index (χ3v) is 10.2. The van der Waals surface area contributed by atoms with Crippen LogP contribution in [0.15, 0.2) is 73.1 Å². The van der Waals surface area contributed by atoms with E-state index in [0.717, 1.165) is 30.0 Å². The summed E-state index contributed by atoms with van der Waals surface area (Å²) in [4.78, 5) is 30.3. The van der Waals surface area contributed by atoms with E-state index in [1.807, 2.05) is 26.8 Å². The molecule has 0 radical (unpaired) electrons. The van der Waals surface area contributed by atoms with Gasteiger partial charge in [-0.25, -0.2) is 13.9 Å². The molecular formula is C38H44F4N6O4S. The topological polar surface area (TPSA) is 133 Å². The molecule has 1 saturated carbocycles. The maximum absolute atomic E-state index is 15.6. The van der Waals surface area contributed by atoms with Gasteiger partial charge in [0.15, 0.2) is 5.69 Å². The smallest absolute Gasteiger partial charge is 0.435 e. The largest absolute Gasteiger partial charge is 0.598 e. The summed E-state index contributed by atoms with van der Waals surface area (Å²) in [6, 6.07) is 14.4. The number of rotatable bonds is 12. The first-order chi connectivity index (χ1) is 24.7. The van der Waals surface area contributed by atoms with E-state index in [1.54, 1.807) is 51.4 Å². The monoisotopic (exact) mass is 756 g/mol. The first-order valence-electron chi connectivity index (χ1n) is 17.2. The highest BCUT2D eigenvalue weighted by Crippen LogP contribution is 2.43. The van der Waals surface area contributed by atoms with Crippen LogP contribution in [0.4, 0.5) is 28.0 Å². The second kappa shape index (κ2) is 15.5. The molecule has 1 unspecified atom stereocenters. The summed E-state index contributed by atoms with van der Waals surface area (Å²) in [6.45, 7) is 10.6. The minimum atomic E-state index is -4.90. The van der Waals surface area contributed by atoms with Crippen LogP contribution in [0.5, 0.6) is 0 Å². The van der Waals surface area contributed by atoms with Crippen LogP contribution in [0.25, 0.3) is 5.69 Å². The maximum atomic E-state index is 15.6. The van der Waals surface area contributed by atoms with Gasteiger partial charge in [0, 0.05) is 36.4 Å². The van der Waals surface area contributed by atoms with Crippen LogP contribution >= 0.6 is 0 Å². The Morgan fingerprint density at radius 1 is 0.981 bits per heavy atom. The Balaban J connectivity index is 1.52. The Morgan fingerprint density at radius 3 is 2.34 bits per heavy atom. The molecule has 2 heterocycles. The van der Waals surface area contributed by atoms with Gasteiger partial charge < -0.3 is 19.9 Å². The molecule has 1 aliphatic rings. The zero-order valence-corrected chi connectivity index (χ0v) is 31.3. The number of pyridine rings is 1.